The first-order valence-electron chi connectivity index (χ1n) is 10.4. The minimum Gasteiger partial charge on any atom is -0.496 e. The van der Waals surface area contributed by atoms with Crippen LogP contribution in [0.4, 0.5) is 5.82 Å². The van der Waals surface area contributed by atoms with E-state index in [9.17, 15) is 4.79 Å². The van der Waals surface area contributed by atoms with Crippen molar-refractivity contribution in [2.75, 3.05) is 25.1 Å². The summed E-state index contributed by atoms with van der Waals surface area (Å²) in [6.07, 6.45) is 1.80. The van der Waals surface area contributed by atoms with Crippen molar-refractivity contribution >= 4 is 23.3 Å². The van der Waals surface area contributed by atoms with Gasteiger partial charge in [0, 0.05) is 35.8 Å². The standard InChI is InChI=1S/C24H25ClN4O2/c1-31-22-7-3-2-5-18(22)15-26-24(30)19-6-4-14-29(16-19)23-13-12-21(27-28-23)17-8-10-20(25)11-9-17/h2-3,5,7-13,19H,4,6,14-16H2,1H3,(H,26,30). The largest absolute Gasteiger partial charge is 0.496 e. The predicted molar refractivity (Wildman–Crippen MR) is 122 cm³/mol. The van der Waals surface area contributed by atoms with Gasteiger partial charge in [-0.1, -0.05) is 41.9 Å². The molecule has 1 N–H and O–H groups in total. The number of halogens is 1. The molecular weight excluding hydrogens is 412 g/mol. The second-order valence-electron chi connectivity index (χ2n) is 7.60. The molecule has 1 aromatic heterocycles. The molecular formula is C24H25ClN4O2. The lowest BCUT2D eigenvalue weighted by Crippen LogP contribution is -2.43. The minimum atomic E-state index is -0.0822. The van der Waals surface area contributed by atoms with Crippen molar-refractivity contribution < 1.29 is 9.53 Å². The van der Waals surface area contributed by atoms with Gasteiger partial charge in [-0.15, -0.1) is 10.2 Å². The van der Waals surface area contributed by atoms with E-state index in [4.69, 9.17) is 16.3 Å². The van der Waals surface area contributed by atoms with Crippen LogP contribution in [0, 0.1) is 5.92 Å². The molecule has 0 aliphatic carbocycles. The Balaban J connectivity index is 1.37. The fraction of sp³-hybridized carbons (Fsp3) is 0.292. The van der Waals surface area contributed by atoms with E-state index in [-0.39, 0.29) is 11.8 Å². The molecule has 1 saturated heterocycles. The Labute approximate surface area is 187 Å². The Morgan fingerprint density at radius 2 is 1.94 bits per heavy atom. The fourth-order valence-corrected chi connectivity index (χ4v) is 3.97. The Morgan fingerprint density at radius 1 is 1.13 bits per heavy atom. The zero-order chi connectivity index (χ0) is 21.6. The van der Waals surface area contributed by atoms with Gasteiger partial charge in [0.25, 0.3) is 0 Å². The van der Waals surface area contributed by atoms with Crippen LogP contribution in [0.25, 0.3) is 11.3 Å². The molecule has 0 bridgehead atoms. The van der Waals surface area contributed by atoms with Crippen molar-refractivity contribution in [1.29, 1.82) is 0 Å². The van der Waals surface area contributed by atoms with Crippen molar-refractivity contribution in [2.45, 2.75) is 19.4 Å². The molecule has 0 spiro atoms. The van der Waals surface area contributed by atoms with Crippen LogP contribution in [0.3, 0.4) is 0 Å². The lowest BCUT2D eigenvalue weighted by molar-refractivity contribution is -0.125. The number of piperidine rings is 1. The predicted octanol–water partition coefficient (Wildman–Crippen LogP) is 4.34. The topological polar surface area (TPSA) is 67.3 Å². The number of nitrogens with one attached hydrogen (secondary N) is 1. The summed E-state index contributed by atoms with van der Waals surface area (Å²) in [7, 11) is 1.64. The number of rotatable bonds is 6. The molecule has 1 amide bonds. The smallest absolute Gasteiger partial charge is 0.225 e. The number of amides is 1. The summed E-state index contributed by atoms with van der Waals surface area (Å²) in [6, 6.07) is 19.2. The van der Waals surface area contributed by atoms with E-state index < -0.39 is 0 Å². The van der Waals surface area contributed by atoms with Gasteiger partial charge in [0.05, 0.1) is 18.7 Å². The van der Waals surface area contributed by atoms with Gasteiger partial charge in [-0.05, 0) is 43.2 Å². The number of hydrogen-bond donors (Lipinski definition) is 1. The van der Waals surface area contributed by atoms with Crippen LogP contribution in [0.5, 0.6) is 5.75 Å². The number of ether oxygens (including phenoxy) is 1. The summed E-state index contributed by atoms with van der Waals surface area (Å²) in [5, 5.41) is 12.5. The van der Waals surface area contributed by atoms with Crippen molar-refractivity contribution in [2.24, 2.45) is 5.92 Å². The molecule has 0 saturated carbocycles. The molecule has 2 aromatic carbocycles. The van der Waals surface area contributed by atoms with Gasteiger partial charge in [-0.25, -0.2) is 0 Å². The lowest BCUT2D eigenvalue weighted by atomic mass is 9.97. The van der Waals surface area contributed by atoms with Crippen molar-refractivity contribution in [3.63, 3.8) is 0 Å². The number of carbonyl (C=O) groups is 1. The Kier molecular flexibility index (Phi) is 6.67. The SMILES string of the molecule is COc1ccccc1CNC(=O)C1CCCN(c2ccc(-c3ccc(Cl)cc3)nn2)C1. The molecule has 1 aliphatic heterocycles. The van der Waals surface area contributed by atoms with Gasteiger partial charge in [-0.3, -0.25) is 4.79 Å². The van der Waals surface area contributed by atoms with Crippen LogP contribution in [0.15, 0.2) is 60.7 Å². The number of para-hydroxylation sites is 1. The van der Waals surface area contributed by atoms with E-state index in [1.54, 1.807) is 7.11 Å². The Hall–Kier alpha value is -3.12. The first-order valence-corrected chi connectivity index (χ1v) is 10.8. The molecule has 7 heteroatoms. The number of aromatic nitrogens is 2. The van der Waals surface area contributed by atoms with Crippen LogP contribution in [0.2, 0.25) is 5.02 Å². The number of anilines is 1. The molecule has 4 rings (SSSR count). The van der Waals surface area contributed by atoms with Crippen molar-refractivity contribution in [3.05, 3.63) is 71.2 Å². The molecule has 1 unspecified atom stereocenters. The third-order valence-corrected chi connectivity index (χ3v) is 5.80. The highest BCUT2D eigenvalue weighted by molar-refractivity contribution is 6.30. The van der Waals surface area contributed by atoms with E-state index in [1.807, 2.05) is 60.7 Å². The van der Waals surface area contributed by atoms with E-state index >= 15 is 0 Å². The molecule has 0 radical (unpaired) electrons. The first-order chi connectivity index (χ1) is 15.1. The van der Waals surface area contributed by atoms with Crippen molar-refractivity contribution in [3.8, 4) is 17.0 Å². The first kappa shape index (κ1) is 21.1. The minimum absolute atomic E-state index is 0.0568. The zero-order valence-corrected chi connectivity index (χ0v) is 18.2. The van der Waals surface area contributed by atoms with Crippen LogP contribution >= 0.6 is 11.6 Å². The molecule has 1 atom stereocenters. The van der Waals surface area contributed by atoms with E-state index in [0.717, 1.165) is 47.8 Å². The number of carbonyl (C=O) groups excluding carboxylic acids is 1. The molecule has 2 heterocycles. The number of nitrogens with zero attached hydrogens (tertiary/aromatic N) is 3. The fourth-order valence-electron chi connectivity index (χ4n) is 3.84. The molecule has 1 aliphatic rings. The monoisotopic (exact) mass is 436 g/mol. The maximum Gasteiger partial charge on any atom is 0.225 e. The van der Waals surface area contributed by atoms with E-state index in [0.29, 0.717) is 18.1 Å². The van der Waals surface area contributed by atoms with Gasteiger partial charge in [-0.2, -0.15) is 0 Å². The summed E-state index contributed by atoms with van der Waals surface area (Å²) in [5.74, 6) is 1.55. The zero-order valence-electron chi connectivity index (χ0n) is 17.4. The molecule has 160 valence electrons. The van der Waals surface area contributed by atoms with Crippen LogP contribution in [-0.2, 0) is 11.3 Å². The maximum atomic E-state index is 12.8. The highest BCUT2D eigenvalue weighted by Crippen LogP contribution is 2.24. The number of benzene rings is 2. The van der Waals surface area contributed by atoms with Crippen LogP contribution < -0.4 is 15.0 Å². The average Bonchev–Trinajstić information content (AvgIpc) is 2.83. The molecule has 6 nitrogen and oxygen atoms in total. The summed E-state index contributed by atoms with van der Waals surface area (Å²) < 4.78 is 5.36. The second-order valence-corrected chi connectivity index (χ2v) is 8.03. The van der Waals surface area contributed by atoms with E-state index in [2.05, 4.69) is 20.4 Å². The van der Waals surface area contributed by atoms with Gasteiger partial charge < -0.3 is 15.0 Å². The Bertz CT molecular complexity index is 1020. The normalized spacial score (nSPS) is 16.1. The van der Waals surface area contributed by atoms with Gasteiger partial charge in [0.15, 0.2) is 5.82 Å². The van der Waals surface area contributed by atoms with Crippen molar-refractivity contribution in [1.82, 2.24) is 15.5 Å². The highest BCUT2D eigenvalue weighted by atomic mass is 35.5. The molecule has 31 heavy (non-hydrogen) atoms. The van der Waals surface area contributed by atoms with Gasteiger partial charge >= 0.3 is 0 Å². The second kappa shape index (κ2) is 9.79. The molecule has 3 aromatic rings. The van der Waals surface area contributed by atoms with Crippen LogP contribution in [0.1, 0.15) is 18.4 Å². The number of hydrogen-bond acceptors (Lipinski definition) is 5. The van der Waals surface area contributed by atoms with Gasteiger partial charge in [0.1, 0.15) is 5.75 Å². The Morgan fingerprint density at radius 3 is 2.68 bits per heavy atom. The number of methoxy groups -OCH3 is 1. The third-order valence-electron chi connectivity index (χ3n) is 5.55. The van der Waals surface area contributed by atoms with Gasteiger partial charge in [0.2, 0.25) is 5.91 Å². The summed E-state index contributed by atoms with van der Waals surface area (Å²) in [5.41, 5.74) is 2.73. The molecule has 1 fully saturated rings. The quantitative estimate of drug-likeness (QED) is 0.622. The summed E-state index contributed by atoms with van der Waals surface area (Å²) in [6.45, 7) is 1.95. The summed E-state index contributed by atoms with van der Waals surface area (Å²) in [4.78, 5) is 14.9. The maximum absolute atomic E-state index is 12.8. The summed E-state index contributed by atoms with van der Waals surface area (Å²) >= 11 is 5.96. The van der Waals surface area contributed by atoms with Crippen LogP contribution in [-0.4, -0.2) is 36.3 Å². The third kappa shape index (κ3) is 5.14. The lowest BCUT2D eigenvalue weighted by Gasteiger charge is -2.32. The average molecular weight is 437 g/mol. The highest BCUT2D eigenvalue weighted by Gasteiger charge is 2.26. The van der Waals surface area contributed by atoms with E-state index in [1.165, 1.54) is 0 Å².